The van der Waals surface area contributed by atoms with E-state index in [1.165, 1.54) is 11.0 Å². The van der Waals surface area contributed by atoms with Crippen molar-refractivity contribution < 1.29 is 14.7 Å². The van der Waals surface area contributed by atoms with Gasteiger partial charge in [0, 0.05) is 0 Å². The number of benzene rings is 2. The maximum absolute atomic E-state index is 12.4. The van der Waals surface area contributed by atoms with E-state index in [9.17, 15) is 14.7 Å². The number of fused-ring (bicyclic) bond motifs is 1. The third-order valence-corrected chi connectivity index (χ3v) is 3.76. The molecule has 0 saturated carbocycles. The normalized spacial score (nSPS) is 13.8. The van der Waals surface area contributed by atoms with Gasteiger partial charge in [0.1, 0.15) is 5.75 Å². The summed E-state index contributed by atoms with van der Waals surface area (Å²) in [4.78, 5) is 26.0. The van der Waals surface area contributed by atoms with Gasteiger partial charge >= 0.3 is 0 Å². The van der Waals surface area contributed by atoms with Gasteiger partial charge in [-0.15, -0.1) is 0 Å². The lowest BCUT2D eigenvalue weighted by Crippen LogP contribution is -2.30. The van der Waals surface area contributed by atoms with Gasteiger partial charge in [0.2, 0.25) is 0 Å². The fraction of sp³-hybridized carbons (Fsp3) is 0.125. The molecule has 0 radical (unpaired) electrons. The molecule has 1 N–H and O–H groups in total. The molecule has 3 rings (SSSR count). The maximum atomic E-state index is 12.4. The van der Waals surface area contributed by atoms with Crippen molar-refractivity contribution in [3.8, 4) is 5.75 Å². The van der Waals surface area contributed by atoms with Crippen LogP contribution in [0.1, 0.15) is 31.8 Å². The fourth-order valence-electron chi connectivity index (χ4n) is 2.44. The predicted molar refractivity (Wildman–Crippen MR) is 75.2 cm³/mol. The van der Waals surface area contributed by atoms with Crippen molar-refractivity contribution in [3.63, 3.8) is 0 Å². The molecule has 0 fully saturated rings. The Morgan fingerprint density at radius 1 is 0.850 bits per heavy atom. The number of nitrogens with zero attached hydrogens (tertiary/aromatic N) is 1. The molecule has 20 heavy (non-hydrogen) atoms. The lowest BCUT2D eigenvalue weighted by atomic mass is 10.1. The van der Waals surface area contributed by atoms with Gasteiger partial charge in [-0.25, -0.2) is 4.90 Å². The Labute approximate surface area is 116 Å². The number of anilines is 1. The minimum absolute atomic E-state index is 0.155. The van der Waals surface area contributed by atoms with E-state index < -0.39 is 0 Å². The van der Waals surface area contributed by atoms with E-state index in [0.29, 0.717) is 22.4 Å². The highest BCUT2D eigenvalue weighted by Gasteiger charge is 2.37. The Morgan fingerprint density at radius 2 is 1.40 bits per heavy atom. The van der Waals surface area contributed by atoms with Crippen molar-refractivity contribution >= 4 is 17.5 Å². The van der Waals surface area contributed by atoms with Crippen molar-refractivity contribution in [2.24, 2.45) is 0 Å². The molecule has 0 saturated heterocycles. The topological polar surface area (TPSA) is 57.6 Å². The quantitative estimate of drug-likeness (QED) is 0.808. The molecule has 1 aliphatic heterocycles. The van der Waals surface area contributed by atoms with E-state index in [1.807, 2.05) is 0 Å². The number of imide groups is 1. The molecular weight excluding hydrogens is 254 g/mol. The molecule has 2 amide bonds. The monoisotopic (exact) mass is 267 g/mol. The van der Waals surface area contributed by atoms with Crippen molar-refractivity contribution in [1.29, 1.82) is 0 Å². The molecular formula is C16H13NO3. The van der Waals surface area contributed by atoms with Crippen LogP contribution in [0.4, 0.5) is 5.69 Å². The molecule has 0 spiro atoms. The first-order valence-corrected chi connectivity index (χ1v) is 6.29. The summed E-state index contributed by atoms with van der Waals surface area (Å²) in [5.74, 6) is -0.486. The molecule has 1 heterocycles. The second-order valence-corrected chi connectivity index (χ2v) is 4.85. The summed E-state index contributed by atoms with van der Waals surface area (Å²) in [6, 6.07) is 9.88. The van der Waals surface area contributed by atoms with Crippen LogP contribution < -0.4 is 4.90 Å². The SMILES string of the molecule is Cc1c(O)ccc(N2C(=O)c3ccccc3C2=O)c1C. The number of phenolic OH excluding ortho intramolecular Hbond substituents is 1. The summed E-state index contributed by atoms with van der Waals surface area (Å²) in [6.45, 7) is 3.54. The van der Waals surface area contributed by atoms with Crippen molar-refractivity contribution in [2.75, 3.05) is 4.90 Å². The van der Waals surface area contributed by atoms with Crippen molar-refractivity contribution in [1.82, 2.24) is 0 Å². The summed E-state index contributed by atoms with van der Waals surface area (Å²) in [7, 11) is 0. The molecule has 0 unspecified atom stereocenters. The van der Waals surface area contributed by atoms with Crippen LogP contribution in [-0.2, 0) is 0 Å². The third-order valence-electron chi connectivity index (χ3n) is 3.76. The van der Waals surface area contributed by atoms with E-state index in [0.717, 1.165) is 5.56 Å². The summed E-state index contributed by atoms with van der Waals surface area (Å²) >= 11 is 0. The predicted octanol–water partition coefficient (Wildman–Crippen LogP) is 2.81. The number of carbonyl (C=O) groups excluding carboxylic acids is 2. The summed E-state index contributed by atoms with van der Waals surface area (Å²) in [5, 5.41) is 9.68. The smallest absolute Gasteiger partial charge is 0.266 e. The van der Waals surface area contributed by atoms with E-state index in [2.05, 4.69) is 0 Å². The van der Waals surface area contributed by atoms with Crippen LogP contribution in [0.5, 0.6) is 5.75 Å². The van der Waals surface area contributed by atoms with Crippen LogP contribution in [0.2, 0.25) is 0 Å². The molecule has 4 nitrogen and oxygen atoms in total. The molecule has 0 aliphatic carbocycles. The van der Waals surface area contributed by atoms with Gasteiger partial charge in [-0.05, 0) is 49.2 Å². The lowest BCUT2D eigenvalue weighted by molar-refractivity contribution is 0.0926. The van der Waals surface area contributed by atoms with Crippen molar-refractivity contribution in [2.45, 2.75) is 13.8 Å². The number of aromatic hydroxyl groups is 1. The maximum Gasteiger partial charge on any atom is 0.266 e. The summed E-state index contributed by atoms with van der Waals surface area (Å²) in [5.41, 5.74) is 2.75. The van der Waals surface area contributed by atoms with Gasteiger partial charge in [-0.2, -0.15) is 0 Å². The molecule has 2 aromatic rings. The Bertz CT molecular complexity index is 714. The highest BCUT2D eigenvalue weighted by atomic mass is 16.3. The highest BCUT2D eigenvalue weighted by molar-refractivity contribution is 6.34. The molecule has 100 valence electrons. The minimum Gasteiger partial charge on any atom is -0.508 e. The first-order valence-electron chi connectivity index (χ1n) is 6.29. The Morgan fingerprint density at radius 3 is 1.95 bits per heavy atom. The number of hydrogen-bond donors (Lipinski definition) is 1. The zero-order valence-corrected chi connectivity index (χ0v) is 11.2. The Kier molecular flexibility index (Phi) is 2.61. The average Bonchev–Trinajstić information content (AvgIpc) is 2.70. The Hall–Kier alpha value is -2.62. The number of carbonyl (C=O) groups is 2. The minimum atomic E-state index is -0.321. The van der Waals surface area contributed by atoms with Gasteiger partial charge in [0.25, 0.3) is 11.8 Å². The average molecular weight is 267 g/mol. The first kappa shape index (κ1) is 12.4. The standard InChI is InChI=1S/C16H13NO3/c1-9-10(2)14(18)8-7-13(9)17-15(19)11-5-3-4-6-12(11)16(17)20/h3-8,18H,1-2H3. The Balaban J connectivity index is 2.17. The van der Waals surface area contributed by atoms with E-state index in [-0.39, 0.29) is 17.6 Å². The van der Waals surface area contributed by atoms with Gasteiger partial charge in [-0.3, -0.25) is 9.59 Å². The van der Waals surface area contributed by atoms with Crippen LogP contribution in [0.15, 0.2) is 36.4 Å². The van der Waals surface area contributed by atoms with Crippen LogP contribution in [0, 0.1) is 13.8 Å². The van der Waals surface area contributed by atoms with E-state index >= 15 is 0 Å². The number of phenols is 1. The van der Waals surface area contributed by atoms with Gasteiger partial charge in [-0.1, -0.05) is 12.1 Å². The van der Waals surface area contributed by atoms with Crippen LogP contribution in [0.25, 0.3) is 0 Å². The zero-order chi connectivity index (χ0) is 14.4. The molecule has 1 aliphatic rings. The fourth-order valence-corrected chi connectivity index (χ4v) is 2.44. The second-order valence-electron chi connectivity index (χ2n) is 4.85. The number of hydrogen-bond acceptors (Lipinski definition) is 3. The summed E-state index contributed by atoms with van der Waals surface area (Å²) in [6.07, 6.45) is 0. The van der Waals surface area contributed by atoms with Gasteiger partial charge < -0.3 is 5.11 Å². The van der Waals surface area contributed by atoms with Crippen LogP contribution >= 0.6 is 0 Å². The van der Waals surface area contributed by atoms with Crippen LogP contribution in [-0.4, -0.2) is 16.9 Å². The highest BCUT2D eigenvalue weighted by Crippen LogP contribution is 2.34. The zero-order valence-electron chi connectivity index (χ0n) is 11.2. The number of amides is 2. The number of rotatable bonds is 1. The first-order chi connectivity index (χ1) is 9.52. The molecule has 0 bridgehead atoms. The second kappa shape index (κ2) is 4.20. The summed E-state index contributed by atoms with van der Waals surface area (Å²) < 4.78 is 0. The lowest BCUT2D eigenvalue weighted by Gasteiger charge is -2.18. The van der Waals surface area contributed by atoms with E-state index in [4.69, 9.17) is 0 Å². The van der Waals surface area contributed by atoms with Gasteiger partial charge in [0.05, 0.1) is 16.8 Å². The third kappa shape index (κ3) is 1.54. The van der Waals surface area contributed by atoms with E-state index in [1.54, 1.807) is 44.2 Å². The molecule has 0 atom stereocenters. The van der Waals surface area contributed by atoms with Gasteiger partial charge in [0.15, 0.2) is 0 Å². The van der Waals surface area contributed by atoms with Crippen molar-refractivity contribution in [3.05, 3.63) is 58.7 Å². The largest absolute Gasteiger partial charge is 0.508 e. The molecule has 0 aromatic heterocycles. The van der Waals surface area contributed by atoms with Crippen LogP contribution in [0.3, 0.4) is 0 Å². The molecule has 2 aromatic carbocycles. The molecule has 4 heteroatoms.